The Morgan fingerprint density at radius 2 is 1.90 bits per heavy atom. The number of carboxylic acid groups (broad SMARTS) is 1. The smallest absolute Gasteiger partial charge is 0.325 e. The molecular weight excluding hydrogens is 440 g/mol. The van der Waals surface area contributed by atoms with Gasteiger partial charge >= 0.3 is 5.97 Å². The molecule has 0 radical (unpaired) electrons. The van der Waals surface area contributed by atoms with Crippen molar-refractivity contribution in [3.63, 3.8) is 0 Å². The summed E-state index contributed by atoms with van der Waals surface area (Å²) in [5, 5.41) is 23.1. The number of nitrogens with one attached hydrogen (secondary N) is 1. The Kier molecular flexibility index (Phi) is 5.81. The molecule has 164 valence electrons. The molecule has 3 heterocycles. The van der Waals surface area contributed by atoms with Gasteiger partial charge in [-0.25, -0.2) is 0 Å². The third kappa shape index (κ3) is 3.62. The lowest BCUT2D eigenvalue weighted by Gasteiger charge is -2.31. The normalized spacial score (nSPS) is 27.7. The van der Waals surface area contributed by atoms with E-state index in [4.69, 9.17) is 11.6 Å². The number of likely N-dealkylation sites (tertiary alicyclic amines) is 1. The zero-order valence-corrected chi connectivity index (χ0v) is 18.4. The van der Waals surface area contributed by atoms with Crippen LogP contribution in [-0.2, 0) is 20.8 Å². The van der Waals surface area contributed by atoms with Crippen LogP contribution in [0.2, 0.25) is 4.34 Å². The fraction of sp³-hybridized carbons (Fsp3) is 0.409. The number of hydrogen-bond acceptors (Lipinski definition) is 6. The molecule has 2 aliphatic rings. The van der Waals surface area contributed by atoms with E-state index in [0.717, 1.165) is 11.3 Å². The molecule has 9 heteroatoms. The summed E-state index contributed by atoms with van der Waals surface area (Å²) in [4.78, 5) is 41.3. The third-order valence-electron chi connectivity index (χ3n) is 6.18. The largest absolute Gasteiger partial charge is 0.508 e. The predicted octanol–water partition coefficient (Wildman–Crippen LogP) is 3.22. The van der Waals surface area contributed by atoms with Crippen LogP contribution in [-0.4, -0.2) is 45.0 Å². The number of hydrogen-bond donors (Lipinski definition) is 3. The summed E-state index contributed by atoms with van der Waals surface area (Å²) in [7, 11) is 0. The molecule has 2 amide bonds. The van der Waals surface area contributed by atoms with E-state index in [2.05, 4.69) is 5.32 Å². The Morgan fingerprint density at radius 3 is 2.48 bits per heavy atom. The molecule has 3 N–H and O–H groups in total. The summed E-state index contributed by atoms with van der Waals surface area (Å²) in [5.74, 6) is -3.74. The number of thiophene rings is 1. The summed E-state index contributed by atoms with van der Waals surface area (Å²) < 4.78 is 0.527. The molecule has 4 atom stereocenters. The first-order valence-corrected chi connectivity index (χ1v) is 11.4. The van der Waals surface area contributed by atoms with Gasteiger partial charge in [0.2, 0.25) is 11.8 Å². The lowest BCUT2D eigenvalue weighted by molar-refractivity contribution is -0.151. The van der Waals surface area contributed by atoms with Crippen molar-refractivity contribution in [2.75, 3.05) is 6.54 Å². The van der Waals surface area contributed by atoms with Crippen LogP contribution in [0.4, 0.5) is 0 Å². The average Bonchev–Trinajstić information content (AvgIpc) is 3.38. The van der Waals surface area contributed by atoms with E-state index in [0.29, 0.717) is 16.3 Å². The molecule has 2 aromatic rings. The first kappa shape index (κ1) is 21.8. The van der Waals surface area contributed by atoms with Crippen LogP contribution in [0.5, 0.6) is 5.75 Å². The lowest BCUT2D eigenvalue weighted by atomic mass is 9.76. The minimum Gasteiger partial charge on any atom is -0.508 e. The van der Waals surface area contributed by atoms with Crippen LogP contribution >= 0.6 is 22.9 Å². The number of phenolic OH excluding ortho intramolecular Hbond substituents is 1. The fourth-order valence-corrected chi connectivity index (χ4v) is 5.87. The van der Waals surface area contributed by atoms with Gasteiger partial charge in [0.05, 0.1) is 22.2 Å². The Bertz CT molecular complexity index is 1020. The van der Waals surface area contributed by atoms with E-state index >= 15 is 0 Å². The van der Waals surface area contributed by atoms with Crippen molar-refractivity contribution < 1.29 is 24.6 Å². The summed E-state index contributed by atoms with van der Waals surface area (Å²) in [6.45, 7) is 2.25. The number of benzene rings is 1. The van der Waals surface area contributed by atoms with Crippen LogP contribution in [0.25, 0.3) is 0 Å². The second kappa shape index (κ2) is 8.26. The molecule has 2 aliphatic heterocycles. The summed E-state index contributed by atoms with van der Waals surface area (Å²) in [6, 6.07) is 9.05. The number of fused-ring (bicyclic) bond motifs is 1. The molecule has 0 spiro atoms. The van der Waals surface area contributed by atoms with Gasteiger partial charge < -0.3 is 10.2 Å². The zero-order valence-electron chi connectivity index (χ0n) is 16.9. The molecule has 31 heavy (non-hydrogen) atoms. The van der Waals surface area contributed by atoms with Crippen LogP contribution in [0, 0.1) is 11.8 Å². The summed E-state index contributed by atoms with van der Waals surface area (Å²) in [6.07, 6.45) is 1.48. The van der Waals surface area contributed by atoms with Crippen molar-refractivity contribution in [2.24, 2.45) is 11.8 Å². The quantitative estimate of drug-likeness (QED) is 0.545. The number of amides is 2. The Hall–Kier alpha value is -2.42. The number of carbonyl (C=O) groups is 3. The number of aliphatic carboxylic acids is 1. The van der Waals surface area contributed by atoms with Gasteiger partial charge in [0.1, 0.15) is 11.3 Å². The molecule has 2 saturated heterocycles. The number of rotatable bonds is 7. The average molecular weight is 463 g/mol. The molecule has 7 nitrogen and oxygen atoms in total. The van der Waals surface area contributed by atoms with Crippen LogP contribution < -0.4 is 5.32 Å². The standard InChI is InChI=1S/C22H23ClN2O5S/c1-2-3-10-25-19(27)16-17(20(25)28)22(21(29)30,11-12-4-6-13(26)7-5-12)24-18(16)14-8-9-15(23)31-14/h4-9,16-18,24,26H,2-3,10-11H2,1H3,(H,29,30). The van der Waals surface area contributed by atoms with Gasteiger partial charge in [0, 0.05) is 17.8 Å². The monoisotopic (exact) mass is 462 g/mol. The van der Waals surface area contributed by atoms with Gasteiger partial charge in [-0.15, -0.1) is 11.3 Å². The van der Waals surface area contributed by atoms with Crippen molar-refractivity contribution in [1.29, 1.82) is 0 Å². The van der Waals surface area contributed by atoms with E-state index in [1.165, 1.54) is 28.4 Å². The third-order valence-corrected chi connectivity index (χ3v) is 7.50. The number of carboxylic acids is 1. The molecular formula is C22H23ClN2O5S. The molecule has 0 bridgehead atoms. The molecule has 1 aromatic heterocycles. The van der Waals surface area contributed by atoms with E-state index in [-0.39, 0.29) is 24.6 Å². The summed E-state index contributed by atoms with van der Waals surface area (Å²) >= 11 is 7.38. The van der Waals surface area contributed by atoms with Gasteiger partial charge in [-0.2, -0.15) is 0 Å². The second-order valence-corrected chi connectivity index (χ2v) is 9.82. The van der Waals surface area contributed by atoms with Crippen molar-refractivity contribution >= 4 is 40.7 Å². The van der Waals surface area contributed by atoms with Crippen LogP contribution in [0.15, 0.2) is 36.4 Å². The van der Waals surface area contributed by atoms with Gasteiger partial charge in [-0.05, 0) is 36.2 Å². The number of phenols is 1. The molecule has 4 unspecified atom stereocenters. The minimum absolute atomic E-state index is 0.0000250. The van der Waals surface area contributed by atoms with E-state index in [1.807, 2.05) is 6.92 Å². The highest BCUT2D eigenvalue weighted by Gasteiger charge is 2.68. The number of nitrogens with zero attached hydrogens (tertiary/aromatic N) is 1. The van der Waals surface area contributed by atoms with Crippen molar-refractivity contribution in [3.8, 4) is 5.75 Å². The second-order valence-electron chi connectivity index (χ2n) is 8.07. The number of unbranched alkanes of at least 4 members (excludes halogenated alkanes) is 1. The van der Waals surface area contributed by atoms with Crippen LogP contribution in [0.1, 0.15) is 36.2 Å². The maximum Gasteiger partial charge on any atom is 0.325 e. The number of aromatic hydroxyl groups is 1. The van der Waals surface area contributed by atoms with E-state index in [9.17, 15) is 24.6 Å². The molecule has 1 aromatic carbocycles. The fourth-order valence-electron chi connectivity index (χ4n) is 4.71. The van der Waals surface area contributed by atoms with Crippen molar-refractivity contribution in [3.05, 3.63) is 51.2 Å². The maximum atomic E-state index is 13.4. The zero-order chi connectivity index (χ0) is 22.3. The topological polar surface area (TPSA) is 107 Å². The Morgan fingerprint density at radius 1 is 1.19 bits per heavy atom. The number of carbonyl (C=O) groups excluding carboxylic acids is 2. The van der Waals surface area contributed by atoms with Crippen LogP contribution in [0.3, 0.4) is 0 Å². The van der Waals surface area contributed by atoms with Gasteiger partial charge in [0.25, 0.3) is 0 Å². The minimum atomic E-state index is -1.66. The Labute approximate surface area is 188 Å². The highest BCUT2D eigenvalue weighted by molar-refractivity contribution is 7.16. The first-order chi connectivity index (χ1) is 14.8. The first-order valence-electron chi connectivity index (χ1n) is 10.2. The number of imide groups is 1. The number of halogens is 1. The Balaban J connectivity index is 1.80. The summed E-state index contributed by atoms with van der Waals surface area (Å²) in [5.41, 5.74) is -1.01. The van der Waals surface area contributed by atoms with Gasteiger partial charge in [-0.1, -0.05) is 37.1 Å². The van der Waals surface area contributed by atoms with Gasteiger partial charge in [-0.3, -0.25) is 24.6 Å². The molecule has 0 aliphatic carbocycles. The lowest BCUT2D eigenvalue weighted by Crippen LogP contribution is -2.57. The molecule has 4 rings (SSSR count). The molecule has 0 saturated carbocycles. The van der Waals surface area contributed by atoms with E-state index in [1.54, 1.807) is 24.3 Å². The highest BCUT2D eigenvalue weighted by Crippen LogP contribution is 2.51. The maximum absolute atomic E-state index is 13.4. The SMILES string of the molecule is CCCCN1C(=O)C2C(c3ccc(Cl)s3)NC(Cc3ccc(O)cc3)(C(=O)O)C2C1=O. The predicted molar refractivity (Wildman–Crippen MR) is 116 cm³/mol. The van der Waals surface area contributed by atoms with E-state index < -0.39 is 35.3 Å². The van der Waals surface area contributed by atoms with Crippen molar-refractivity contribution in [2.45, 2.75) is 37.8 Å². The van der Waals surface area contributed by atoms with Gasteiger partial charge in [0.15, 0.2) is 0 Å². The highest BCUT2D eigenvalue weighted by atomic mass is 35.5. The molecule has 2 fully saturated rings. The van der Waals surface area contributed by atoms with Crippen molar-refractivity contribution in [1.82, 2.24) is 10.2 Å².